The van der Waals surface area contributed by atoms with Gasteiger partial charge in [-0.1, -0.05) is 27.7 Å². The van der Waals surface area contributed by atoms with Crippen molar-refractivity contribution in [2.45, 2.75) is 226 Å². The Morgan fingerprint density at radius 2 is 1.12 bits per heavy atom. The summed E-state index contributed by atoms with van der Waals surface area (Å²) in [5, 5.41) is 142. The van der Waals surface area contributed by atoms with E-state index in [4.69, 9.17) is 47.4 Å². The molecule has 13 N–H and O–H groups in total. The molecule has 4 saturated carbocycles. The van der Waals surface area contributed by atoms with Crippen LogP contribution in [0.15, 0.2) is 0 Å². The topological polar surface area (TPSA) is 355 Å². The lowest BCUT2D eigenvalue weighted by atomic mass is 9.44. The van der Waals surface area contributed by atoms with Crippen LogP contribution in [0.3, 0.4) is 0 Å². The van der Waals surface area contributed by atoms with Crippen LogP contribution >= 0.6 is 0 Å². The standard InChI is InChI=1S/C50H82O23/c1-19-7-12-50(65-17-19)20(2)29-41(73-50)34(58)30-23-6-5-21-13-22(8-10-48(21,3)24(23)9-11-49(29,30)4)66-45-39(63)36(60)40(28(16-53)69-45)70-47-43(72-46-38(62)35(59)32(56)26(14-51)67-46)42(33(57)27(15-52)68-47)71-44-37(61)31(55)25(54)18-64-44/h19-47,51-63H,5-18H2,1-4H3/t19-,20+,21+,22+,23-,24+,25-,26-,27-,28-,29+,30-,31+,32-,33-,34-,35+,36-,37-,38-,39-,40-,41-,42+,43-,44+,45-,46+,47+,48+,49+,50-/m1/s1. The predicted molar refractivity (Wildman–Crippen MR) is 244 cm³/mol. The zero-order valence-corrected chi connectivity index (χ0v) is 42.0. The number of hydrogen-bond acceptors (Lipinski definition) is 23. The second-order valence-electron chi connectivity index (χ2n) is 24.0. The monoisotopic (exact) mass is 1050 g/mol. The molecule has 10 fully saturated rings. The number of hydrogen-bond donors (Lipinski definition) is 13. The first-order chi connectivity index (χ1) is 34.7. The molecule has 4 aliphatic carbocycles. The summed E-state index contributed by atoms with van der Waals surface area (Å²) >= 11 is 0. The third-order valence-electron chi connectivity index (χ3n) is 20.0. The summed E-state index contributed by atoms with van der Waals surface area (Å²) in [6.45, 7) is 6.90. The zero-order chi connectivity index (χ0) is 52.2. The normalized spacial score (nSPS) is 58.2. The van der Waals surface area contributed by atoms with Crippen LogP contribution in [-0.4, -0.2) is 240 Å². The van der Waals surface area contributed by atoms with Gasteiger partial charge in [-0.05, 0) is 91.8 Å². The molecule has 0 unspecified atom stereocenters. The Bertz CT molecular complexity index is 1860. The maximum Gasteiger partial charge on any atom is 0.187 e. The quantitative estimate of drug-likeness (QED) is 0.0902. The van der Waals surface area contributed by atoms with Crippen LogP contribution in [0, 0.1) is 52.3 Å². The van der Waals surface area contributed by atoms with E-state index in [1.807, 2.05) is 0 Å². The highest BCUT2D eigenvalue weighted by Crippen LogP contribution is 2.71. The highest BCUT2D eigenvalue weighted by atomic mass is 16.8. The summed E-state index contributed by atoms with van der Waals surface area (Å²) in [4.78, 5) is 0. The van der Waals surface area contributed by atoms with Gasteiger partial charge in [0.1, 0.15) is 91.6 Å². The van der Waals surface area contributed by atoms with Crippen LogP contribution in [0.25, 0.3) is 0 Å². The Morgan fingerprint density at radius 3 is 1.82 bits per heavy atom. The summed E-state index contributed by atoms with van der Waals surface area (Å²) in [5.41, 5.74) is -0.111. The average Bonchev–Trinajstić information content (AvgIpc) is 3.79. The van der Waals surface area contributed by atoms with Gasteiger partial charge in [-0.2, -0.15) is 0 Å². The smallest absolute Gasteiger partial charge is 0.187 e. The van der Waals surface area contributed by atoms with Crippen molar-refractivity contribution < 1.29 is 114 Å². The van der Waals surface area contributed by atoms with Crippen LogP contribution in [0.4, 0.5) is 0 Å². The first-order valence-electron chi connectivity index (χ1n) is 26.8. The Hall–Kier alpha value is -0.920. The molecule has 23 heteroatoms. The van der Waals surface area contributed by atoms with E-state index in [9.17, 15) is 66.4 Å². The van der Waals surface area contributed by atoms with Crippen molar-refractivity contribution in [3.05, 3.63) is 0 Å². The van der Waals surface area contributed by atoms with Crippen molar-refractivity contribution in [3.8, 4) is 0 Å². The van der Waals surface area contributed by atoms with E-state index >= 15 is 0 Å². The molecule has 6 saturated heterocycles. The van der Waals surface area contributed by atoms with Crippen LogP contribution in [0.2, 0.25) is 0 Å². The predicted octanol–water partition coefficient (Wildman–Crippen LogP) is -3.30. The maximum absolute atomic E-state index is 12.2. The van der Waals surface area contributed by atoms with Gasteiger partial charge < -0.3 is 114 Å². The van der Waals surface area contributed by atoms with Crippen molar-refractivity contribution in [3.63, 3.8) is 0 Å². The van der Waals surface area contributed by atoms with Gasteiger partial charge >= 0.3 is 0 Å². The fraction of sp³-hybridized carbons (Fsp3) is 1.00. The molecule has 73 heavy (non-hydrogen) atoms. The second-order valence-corrected chi connectivity index (χ2v) is 24.0. The Kier molecular flexibility index (Phi) is 16.1. The van der Waals surface area contributed by atoms with Gasteiger partial charge in [-0.25, -0.2) is 0 Å². The summed E-state index contributed by atoms with van der Waals surface area (Å²) in [6, 6.07) is 0. The minimum atomic E-state index is -2.01. The SMILES string of the molecule is C[C@@H]1CC[C@@]2(OC1)O[C@H]1[C@H](O)[C@H]3[C@@H]4CC[C@H]5C[C@@H](O[C@@H]6O[C@H](CO)[C@@H](O[C@@H]7O[C@H](CO)[C@@H](O)[C@H](O[C@@H]8OC[C@@H](O)[C@H](O)[C@H]8O)[C@H]7O[C@@H]7O[C@H](CO)[C@@H](O)[C@H](O)[C@H]7O)[C@H](O)[C@H]6O)CC[C@]5(C)[C@H]4CC[C@@]3(C)[C@H]1[C@@H]2C. The average molecular weight is 1050 g/mol. The molecule has 10 rings (SSSR count). The maximum atomic E-state index is 12.2. The highest BCUT2D eigenvalue weighted by Gasteiger charge is 2.72. The van der Waals surface area contributed by atoms with Crippen LogP contribution in [-0.2, 0) is 47.4 Å². The molecule has 0 aromatic rings. The van der Waals surface area contributed by atoms with Gasteiger partial charge in [0.05, 0.1) is 51.3 Å². The molecule has 32 atom stereocenters. The molecular formula is C50H82O23. The Morgan fingerprint density at radius 1 is 0.507 bits per heavy atom. The molecule has 0 bridgehead atoms. The Balaban J connectivity index is 0.818. The number of rotatable bonds is 11. The van der Waals surface area contributed by atoms with Crippen LogP contribution in [0.1, 0.15) is 85.5 Å². The molecule has 10 aliphatic rings. The van der Waals surface area contributed by atoms with Gasteiger partial charge in [0, 0.05) is 18.3 Å². The summed E-state index contributed by atoms with van der Waals surface area (Å²) in [7, 11) is 0. The van der Waals surface area contributed by atoms with Gasteiger partial charge in [-0.3, -0.25) is 0 Å². The lowest BCUT2D eigenvalue weighted by Gasteiger charge is -2.61. The fourth-order valence-electron chi connectivity index (χ4n) is 15.9. The van der Waals surface area contributed by atoms with Gasteiger partial charge in [0.2, 0.25) is 0 Å². The van der Waals surface area contributed by atoms with Crippen molar-refractivity contribution in [1.29, 1.82) is 0 Å². The van der Waals surface area contributed by atoms with E-state index < -0.39 is 155 Å². The molecule has 0 aromatic carbocycles. The Labute approximate surface area is 424 Å². The molecule has 0 aromatic heterocycles. The summed E-state index contributed by atoms with van der Waals surface area (Å²) < 4.78 is 61.1. The molecular weight excluding hydrogens is 969 g/mol. The number of aliphatic hydroxyl groups excluding tert-OH is 13. The molecule has 420 valence electrons. The van der Waals surface area contributed by atoms with Crippen molar-refractivity contribution in [2.24, 2.45) is 52.3 Å². The number of fused-ring (bicyclic) bond motifs is 7. The molecule has 0 amide bonds. The van der Waals surface area contributed by atoms with E-state index in [0.717, 1.165) is 44.9 Å². The lowest BCUT2D eigenvalue weighted by Crippen LogP contribution is -2.68. The zero-order valence-electron chi connectivity index (χ0n) is 42.0. The van der Waals surface area contributed by atoms with E-state index in [1.165, 1.54) is 0 Å². The van der Waals surface area contributed by atoms with Gasteiger partial charge in [0.25, 0.3) is 0 Å². The minimum Gasteiger partial charge on any atom is -0.394 e. The summed E-state index contributed by atoms with van der Waals surface area (Å²) in [6.07, 6.45) is -26.4. The highest BCUT2D eigenvalue weighted by molar-refractivity contribution is 5.18. The van der Waals surface area contributed by atoms with E-state index in [1.54, 1.807) is 0 Å². The molecule has 6 heterocycles. The molecule has 6 aliphatic heterocycles. The number of ether oxygens (including phenoxy) is 10. The first kappa shape index (κ1) is 55.4. The minimum absolute atomic E-state index is 0.0337. The molecule has 0 radical (unpaired) electrons. The summed E-state index contributed by atoms with van der Waals surface area (Å²) in [5.74, 6) is 1.35. The third kappa shape index (κ3) is 9.39. The van der Waals surface area contributed by atoms with E-state index in [2.05, 4.69) is 27.7 Å². The van der Waals surface area contributed by atoms with E-state index in [-0.39, 0.29) is 46.7 Å². The molecule has 23 nitrogen and oxygen atoms in total. The largest absolute Gasteiger partial charge is 0.394 e. The second kappa shape index (κ2) is 21.3. The van der Waals surface area contributed by atoms with Crippen molar-refractivity contribution >= 4 is 0 Å². The number of aliphatic hydroxyl groups is 13. The van der Waals surface area contributed by atoms with Crippen molar-refractivity contribution in [1.82, 2.24) is 0 Å². The molecule has 1 spiro atoms. The van der Waals surface area contributed by atoms with Gasteiger partial charge in [-0.15, -0.1) is 0 Å². The third-order valence-corrected chi connectivity index (χ3v) is 20.0. The fourth-order valence-corrected chi connectivity index (χ4v) is 15.9. The van der Waals surface area contributed by atoms with Gasteiger partial charge in [0.15, 0.2) is 30.9 Å². The van der Waals surface area contributed by atoms with E-state index in [0.29, 0.717) is 37.2 Å². The van der Waals surface area contributed by atoms with Crippen molar-refractivity contribution in [2.75, 3.05) is 33.0 Å². The first-order valence-corrected chi connectivity index (χ1v) is 26.8. The van der Waals surface area contributed by atoms with Crippen LogP contribution in [0.5, 0.6) is 0 Å². The van der Waals surface area contributed by atoms with Crippen LogP contribution < -0.4 is 0 Å². The lowest BCUT2D eigenvalue weighted by molar-refractivity contribution is -0.404.